The van der Waals surface area contributed by atoms with Crippen LogP contribution in [0, 0.1) is 5.92 Å². The van der Waals surface area contributed by atoms with Crippen molar-refractivity contribution in [1.29, 1.82) is 0 Å². The average Bonchev–Trinajstić information content (AvgIpc) is 2.47. The number of allylic oxidation sites excluding steroid dienone is 1. The quantitative estimate of drug-likeness (QED) is 0.870. The topological polar surface area (TPSA) is 40.5 Å². The molecule has 0 radical (unpaired) electrons. The standard InChI is InChI=1S/C17H22ClNO2/c1-12(15-5-3-4-6-16(15)18)11-17(21)19-9-7-14(8-10-19)13(2)20/h3-6,11,13-14,20H,7-10H2,1-2H3. The number of rotatable bonds is 3. The molecule has 3 nitrogen and oxygen atoms in total. The van der Waals surface area contributed by atoms with Gasteiger partial charge in [0.2, 0.25) is 5.91 Å². The van der Waals surface area contributed by atoms with E-state index in [0.717, 1.165) is 24.0 Å². The Labute approximate surface area is 131 Å². The molecule has 4 heteroatoms. The summed E-state index contributed by atoms with van der Waals surface area (Å²) in [5.41, 5.74) is 1.77. The van der Waals surface area contributed by atoms with Crippen molar-refractivity contribution in [2.24, 2.45) is 5.92 Å². The summed E-state index contributed by atoms with van der Waals surface area (Å²) in [6.45, 7) is 5.15. The lowest BCUT2D eigenvalue weighted by molar-refractivity contribution is -0.127. The third-order valence-corrected chi connectivity index (χ3v) is 4.50. The molecule has 1 saturated heterocycles. The maximum Gasteiger partial charge on any atom is 0.246 e. The van der Waals surface area contributed by atoms with E-state index in [1.165, 1.54) is 0 Å². The Hall–Kier alpha value is -1.32. The van der Waals surface area contributed by atoms with Gasteiger partial charge in [-0.1, -0.05) is 29.8 Å². The van der Waals surface area contributed by atoms with Crippen LogP contribution >= 0.6 is 11.6 Å². The number of aliphatic hydroxyl groups is 1. The zero-order valence-corrected chi connectivity index (χ0v) is 13.3. The highest BCUT2D eigenvalue weighted by atomic mass is 35.5. The number of amides is 1. The number of piperidine rings is 1. The molecule has 1 N–H and O–H groups in total. The molecule has 1 fully saturated rings. The lowest BCUT2D eigenvalue weighted by atomic mass is 9.92. The zero-order chi connectivity index (χ0) is 15.4. The SMILES string of the molecule is CC(=CC(=O)N1CCC(C(C)O)CC1)c1ccccc1Cl. The first-order valence-corrected chi connectivity index (χ1v) is 7.77. The molecule has 0 aliphatic carbocycles. The number of nitrogens with zero attached hydrogens (tertiary/aromatic N) is 1. The Morgan fingerprint density at radius 1 is 1.38 bits per heavy atom. The second-order valence-electron chi connectivity index (χ2n) is 5.71. The van der Waals surface area contributed by atoms with E-state index in [0.29, 0.717) is 24.0 Å². The van der Waals surface area contributed by atoms with E-state index in [-0.39, 0.29) is 12.0 Å². The molecule has 114 valence electrons. The Morgan fingerprint density at radius 2 is 2.00 bits per heavy atom. The van der Waals surface area contributed by atoms with Crippen molar-refractivity contribution >= 4 is 23.1 Å². The predicted octanol–water partition coefficient (Wildman–Crippen LogP) is 3.36. The van der Waals surface area contributed by atoms with E-state index in [1.54, 1.807) is 6.08 Å². The molecule has 0 saturated carbocycles. The molecule has 0 bridgehead atoms. The van der Waals surface area contributed by atoms with Crippen LogP contribution in [0.3, 0.4) is 0 Å². The summed E-state index contributed by atoms with van der Waals surface area (Å²) in [5.74, 6) is 0.333. The van der Waals surface area contributed by atoms with Gasteiger partial charge in [-0.15, -0.1) is 0 Å². The molecule has 0 spiro atoms. The smallest absolute Gasteiger partial charge is 0.246 e. The molecular weight excluding hydrogens is 286 g/mol. The largest absolute Gasteiger partial charge is 0.393 e. The fourth-order valence-electron chi connectivity index (χ4n) is 2.74. The van der Waals surface area contributed by atoms with Crippen LogP contribution < -0.4 is 0 Å². The van der Waals surface area contributed by atoms with Gasteiger partial charge in [-0.25, -0.2) is 0 Å². The van der Waals surface area contributed by atoms with Gasteiger partial charge in [0.25, 0.3) is 0 Å². The first-order valence-electron chi connectivity index (χ1n) is 7.39. The van der Waals surface area contributed by atoms with Gasteiger partial charge in [0, 0.05) is 24.2 Å². The Balaban J connectivity index is 2.02. The van der Waals surface area contributed by atoms with Gasteiger partial charge in [0.1, 0.15) is 0 Å². The second kappa shape index (κ2) is 7.10. The molecule has 2 rings (SSSR count). The summed E-state index contributed by atoms with van der Waals surface area (Å²) in [4.78, 5) is 14.2. The number of aliphatic hydroxyl groups excluding tert-OH is 1. The summed E-state index contributed by atoms with van der Waals surface area (Å²) in [6, 6.07) is 7.53. The lowest BCUT2D eigenvalue weighted by Gasteiger charge is -2.32. The van der Waals surface area contributed by atoms with Gasteiger partial charge in [-0.3, -0.25) is 4.79 Å². The molecule has 21 heavy (non-hydrogen) atoms. The molecule has 0 aromatic heterocycles. The fourth-order valence-corrected chi connectivity index (χ4v) is 3.02. The molecule has 1 atom stereocenters. The molecule has 1 aromatic carbocycles. The lowest BCUT2D eigenvalue weighted by Crippen LogP contribution is -2.40. The van der Waals surface area contributed by atoms with E-state index >= 15 is 0 Å². The van der Waals surface area contributed by atoms with Crippen molar-refractivity contribution in [3.63, 3.8) is 0 Å². The van der Waals surface area contributed by atoms with Gasteiger partial charge in [-0.05, 0) is 49.8 Å². The number of halogens is 1. The van der Waals surface area contributed by atoms with Crippen LogP contribution in [0.25, 0.3) is 5.57 Å². The van der Waals surface area contributed by atoms with E-state index in [9.17, 15) is 9.90 Å². The fraction of sp³-hybridized carbons (Fsp3) is 0.471. The molecule has 1 heterocycles. The highest BCUT2D eigenvalue weighted by Crippen LogP contribution is 2.24. The van der Waals surface area contributed by atoms with Crippen LogP contribution in [0.1, 0.15) is 32.3 Å². The highest BCUT2D eigenvalue weighted by molar-refractivity contribution is 6.32. The monoisotopic (exact) mass is 307 g/mol. The van der Waals surface area contributed by atoms with E-state index in [2.05, 4.69) is 0 Å². The summed E-state index contributed by atoms with van der Waals surface area (Å²) in [6.07, 6.45) is 3.09. The summed E-state index contributed by atoms with van der Waals surface area (Å²) < 4.78 is 0. The van der Waals surface area contributed by atoms with Gasteiger partial charge >= 0.3 is 0 Å². The first kappa shape index (κ1) is 16.1. The van der Waals surface area contributed by atoms with Crippen molar-refractivity contribution in [2.75, 3.05) is 13.1 Å². The van der Waals surface area contributed by atoms with Crippen LogP contribution in [-0.2, 0) is 4.79 Å². The summed E-state index contributed by atoms with van der Waals surface area (Å²) in [5, 5.41) is 10.3. The number of hydrogen-bond donors (Lipinski definition) is 1. The molecule has 1 aliphatic heterocycles. The first-order chi connectivity index (χ1) is 9.99. The average molecular weight is 308 g/mol. The van der Waals surface area contributed by atoms with Gasteiger partial charge in [-0.2, -0.15) is 0 Å². The molecule has 1 aliphatic rings. The number of benzene rings is 1. The van der Waals surface area contributed by atoms with Crippen LogP contribution in [0.5, 0.6) is 0 Å². The predicted molar refractivity (Wildman–Crippen MR) is 86.1 cm³/mol. The third kappa shape index (κ3) is 4.08. The highest BCUT2D eigenvalue weighted by Gasteiger charge is 2.24. The van der Waals surface area contributed by atoms with Crippen molar-refractivity contribution in [2.45, 2.75) is 32.8 Å². The van der Waals surface area contributed by atoms with Crippen molar-refractivity contribution < 1.29 is 9.90 Å². The Kier molecular flexibility index (Phi) is 5.43. The summed E-state index contributed by atoms with van der Waals surface area (Å²) in [7, 11) is 0. The number of carbonyl (C=O) groups is 1. The molecule has 1 amide bonds. The zero-order valence-electron chi connectivity index (χ0n) is 12.6. The van der Waals surface area contributed by atoms with E-state index < -0.39 is 0 Å². The Bertz CT molecular complexity index is 531. The third-order valence-electron chi connectivity index (χ3n) is 4.17. The van der Waals surface area contributed by atoms with Crippen LogP contribution in [0.15, 0.2) is 30.3 Å². The van der Waals surface area contributed by atoms with Gasteiger partial charge in [0.05, 0.1) is 6.10 Å². The minimum Gasteiger partial charge on any atom is -0.393 e. The number of hydrogen-bond acceptors (Lipinski definition) is 2. The Morgan fingerprint density at radius 3 is 2.57 bits per heavy atom. The van der Waals surface area contributed by atoms with E-state index in [1.807, 2.05) is 43.0 Å². The van der Waals surface area contributed by atoms with Crippen molar-refractivity contribution in [3.8, 4) is 0 Å². The van der Waals surface area contributed by atoms with Gasteiger partial charge in [0.15, 0.2) is 0 Å². The maximum atomic E-state index is 12.3. The minimum atomic E-state index is -0.289. The number of likely N-dealkylation sites (tertiary alicyclic amines) is 1. The minimum absolute atomic E-state index is 0.0245. The normalized spacial score (nSPS) is 18.7. The van der Waals surface area contributed by atoms with Gasteiger partial charge < -0.3 is 10.0 Å². The second-order valence-corrected chi connectivity index (χ2v) is 6.12. The molecule has 1 unspecified atom stereocenters. The summed E-state index contributed by atoms with van der Waals surface area (Å²) >= 11 is 6.15. The van der Waals surface area contributed by atoms with Crippen molar-refractivity contribution in [1.82, 2.24) is 4.90 Å². The number of carbonyl (C=O) groups excluding carboxylic acids is 1. The van der Waals surface area contributed by atoms with E-state index in [4.69, 9.17) is 11.6 Å². The molecular formula is C17H22ClNO2. The van der Waals surface area contributed by atoms with Crippen LogP contribution in [0.2, 0.25) is 5.02 Å². The maximum absolute atomic E-state index is 12.3. The van der Waals surface area contributed by atoms with Crippen LogP contribution in [0.4, 0.5) is 0 Å². The van der Waals surface area contributed by atoms with Crippen LogP contribution in [-0.4, -0.2) is 35.1 Å². The molecule has 1 aromatic rings. The van der Waals surface area contributed by atoms with Crippen molar-refractivity contribution in [3.05, 3.63) is 40.9 Å².